The molecular formula is C8H17N2P. The highest BCUT2D eigenvalue weighted by atomic mass is 31.0. The van der Waals surface area contributed by atoms with Gasteiger partial charge in [0.1, 0.15) is 5.82 Å². The fraction of sp³-hybridized carbons (Fsp3) is 0.625. The van der Waals surface area contributed by atoms with Gasteiger partial charge in [-0.25, -0.2) is 4.99 Å². The Kier molecular flexibility index (Phi) is 5.14. The van der Waals surface area contributed by atoms with Crippen LogP contribution in [0.3, 0.4) is 0 Å². The van der Waals surface area contributed by atoms with Crippen molar-refractivity contribution in [2.75, 3.05) is 0 Å². The third-order valence-electron chi connectivity index (χ3n) is 1.06. The molecule has 0 aliphatic rings. The zero-order valence-corrected chi connectivity index (χ0v) is 8.83. The third-order valence-corrected chi connectivity index (χ3v) is 1.33. The normalized spacial score (nSPS) is 14.0. The lowest BCUT2D eigenvalue weighted by atomic mass is 10.4. The van der Waals surface area contributed by atoms with Crippen LogP contribution in [0.2, 0.25) is 0 Å². The lowest BCUT2D eigenvalue weighted by Crippen LogP contribution is -2.21. The summed E-state index contributed by atoms with van der Waals surface area (Å²) in [5.74, 6) is 0.951. The summed E-state index contributed by atoms with van der Waals surface area (Å²) in [6.45, 7) is 8.12. The molecule has 0 bridgehead atoms. The highest BCUT2D eigenvalue weighted by molar-refractivity contribution is 7.22. The first kappa shape index (κ1) is 10.6. The maximum atomic E-state index is 4.19. The van der Waals surface area contributed by atoms with Crippen molar-refractivity contribution in [2.45, 2.75) is 33.7 Å². The van der Waals surface area contributed by atoms with E-state index in [0.717, 1.165) is 11.1 Å². The first-order valence-corrected chi connectivity index (χ1v) is 4.37. The van der Waals surface area contributed by atoms with Crippen LogP contribution in [-0.4, -0.2) is 12.3 Å². The molecule has 2 nitrogen and oxygen atoms in total. The SMILES string of the molecule is CC=N/C(NC(C)C)=C(\C)P. The van der Waals surface area contributed by atoms with Gasteiger partial charge in [0, 0.05) is 12.3 Å². The molecule has 0 saturated carbocycles. The van der Waals surface area contributed by atoms with E-state index in [1.54, 1.807) is 6.21 Å². The maximum Gasteiger partial charge on any atom is 0.128 e. The van der Waals surface area contributed by atoms with E-state index in [1.165, 1.54) is 0 Å². The molecule has 0 aliphatic heterocycles. The Morgan fingerprint density at radius 2 is 2.09 bits per heavy atom. The minimum absolute atomic E-state index is 0.434. The quantitative estimate of drug-likeness (QED) is 0.512. The maximum absolute atomic E-state index is 4.19. The van der Waals surface area contributed by atoms with E-state index in [0.29, 0.717) is 6.04 Å². The monoisotopic (exact) mass is 172 g/mol. The van der Waals surface area contributed by atoms with Crippen molar-refractivity contribution in [1.29, 1.82) is 0 Å². The van der Waals surface area contributed by atoms with E-state index >= 15 is 0 Å². The molecule has 1 atom stereocenters. The number of nitrogens with one attached hydrogen (secondary N) is 1. The molecule has 0 fully saturated rings. The zero-order valence-electron chi connectivity index (χ0n) is 7.68. The van der Waals surface area contributed by atoms with Gasteiger partial charge in [0.25, 0.3) is 0 Å². The van der Waals surface area contributed by atoms with Crippen molar-refractivity contribution >= 4 is 15.5 Å². The van der Waals surface area contributed by atoms with E-state index in [1.807, 2.05) is 13.8 Å². The summed E-state index contributed by atoms with van der Waals surface area (Å²) in [6, 6.07) is 0.434. The fourth-order valence-electron chi connectivity index (χ4n) is 0.655. The van der Waals surface area contributed by atoms with Crippen LogP contribution < -0.4 is 5.32 Å². The van der Waals surface area contributed by atoms with Crippen molar-refractivity contribution in [3.63, 3.8) is 0 Å². The Bertz CT molecular complexity index is 167. The van der Waals surface area contributed by atoms with Crippen LogP contribution in [0.25, 0.3) is 0 Å². The average Bonchev–Trinajstić information content (AvgIpc) is 1.86. The number of nitrogens with zero attached hydrogens (tertiary/aromatic N) is 1. The summed E-state index contributed by atoms with van der Waals surface area (Å²) in [7, 11) is 2.64. The fourth-order valence-corrected chi connectivity index (χ4v) is 0.813. The number of hydrogen-bond donors (Lipinski definition) is 1. The Labute approximate surface area is 71.4 Å². The van der Waals surface area contributed by atoms with Gasteiger partial charge in [-0.1, -0.05) is 0 Å². The second kappa shape index (κ2) is 5.31. The Balaban J connectivity index is 4.25. The van der Waals surface area contributed by atoms with Crippen LogP contribution in [0.5, 0.6) is 0 Å². The van der Waals surface area contributed by atoms with Gasteiger partial charge >= 0.3 is 0 Å². The van der Waals surface area contributed by atoms with Crippen LogP contribution in [0.4, 0.5) is 0 Å². The molecule has 0 heterocycles. The first-order valence-electron chi connectivity index (χ1n) is 3.79. The molecule has 1 unspecified atom stereocenters. The van der Waals surface area contributed by atoms with Crippen molar-refractivity contribution in [1.82, 2.24) is 5.32 Å². The van der Waals surface area contributed by atoms with Crippen molar-refractivity contribution < 1.29 is 0 Å². The third kappa shape index (κ3) is 4.97. The summed E-state index contributed by atoms with van der Waals surface area (Å²) in [5, 5.41) is 4.38. The predicted octanol–water partition coefficient (Wildman–Crippen LogP) is 2.14. The minimum atomic E-state index is 0.434. The van der Waals surface area contributed by atoms with E-state index in [-0.39, 0.29) is 0 Å². The highest BCUT2D eigenvalue weighted by Crippen LogP contribution is 2.09. The smallest absolute Gasteiger partial charge is 0.128 e. The molecule has 3 heteroatoms. The topological polar surface area (TPSA) is 24.4 Å². The van der Waals surface area contributed by atoms with Gasteiger partial charge in [0.15, 0.2) is 0 Å². The van der Waals surface area contributed by atoms with E-state index in [4.69, 9.17) is 0 Å². The molecule has 0 saturated heterocycles. The van der Waals surface area contributed by atoms with Crippen molar-refractivity contribution in [2.24, 2.45) is 4.99 Å². The zero-order chi connectivity index (χ0) is 8.85. The molecule has 1 N–H and O–H groups in total. The lowest BCUT2D eigenvalue weighted by molar-refractivity contribution is 0.662. The molecule has 0 radical (unpaired) electrons. The molecule has 0 aliphatic carbocycles. The molecule has 0 aromatic rings. The summed E-state index contributed by atoms with van der Waals surface area (Å²) < 4.78 is 0. The Morgan fingerprint density at radius 1 is 1.55 bits per heavy atom. The van der Waals surface area contributed by atoms with Crippen LogP contribution >= 0.6 is 9.24 Å². The van der Waals surface area contributed by atoms with Gasteiger partial charge in [-0.05, 0) is 33.0 Å². The van der Waals surface area contributed by atoms with Crippen molar-refractivity contribution in [3.8, 4) is 0 Å². The molecule has 0 amide bonds. The molecular weight excluding hydrogens is 155 g/mol. The highest BCUT2D eigenvalue weighted by Gasteiger charge is 1.97. The molecule has 64 valence electrons. The van der Waals surface area contributed by atoms with Crippen LogP contribution in [0, 0.1) is 0 Å². The second-order valence-electron chi connectivity index (χ2n) is 2.72. The summed E-state index contributed by atoms with van der Waals surface area (Å²) >= 11 is 0. The summed E-state index contributed by atoms with van der Waals surface area (Å²) in [6.07, 6.45) is 1.79. The lowest BCUT2D eigenvalue weighted by Gasteiger charge is -2.11. The number of rotatable bonds is 3. The van der Waals surface area contributed by atoms with Crippen LogP contribution in [0.15, 0.2) is 16.1 Å². The number of allylic oxidation sites excluding steroid dienone is 1. The Hall–Kier alpha value is -0.360. The molecule has 0 rings (SSSR count). The van der Waals surface area contributed by atoms with Crippen LogP contribution in [0.1, 0.15) is 27.7 Å². The standard InChI is InChI=1S/C8H17N2P/c1-5-9-8(7(4)11)10-6(2)3/h5-6,10H,11H2,1-4H3/b8-7-,9-5?. The number of hydrogen-bond acceptors (Lipinski definition) is 2. The minimum Gasteiger partial charge on any atom is -0.368 e. The molecule has 0 aromatic carbocycles. The summed E-state index contributed by atoms with van der Waals surface area (Å²) in [5.41, 5.74) is 0. The van der Waals surface area contributed by atoms with Gasteiger partial charge in [-0.15, -0.1) is 9.24 Å². The second-order valence-corrected chi connectivity index (χ2v) is 3.58. The number of aliphatic imine (C=N–C) groups is 1. The van der Waals surface area contributed by atoms with Gasteiger partial charge in [-0.3, -0.25) is 0 Å². The molecule has 0 aromatic heterocycles. The van der Waals surface area contributed by atoms with Gasteiger partial charge in [0.05, 0.1) is 0 Å². The van der Waals surface area contributed by atoms with Crippen molar-refractivity contribution in [3.05, 3.63) is 11.1 Å². The average molecular weight is 172 g/mol. The predicted molar refractivity (Wildman–Crippen MR) is 54.8 cm³/mol. The van der Waals surface area contributed by atoms with Crippen LogP contribution in [-0.2, 0) is 0 Å². The summed E-state index contributed by atoms with van der Waals surface area (Å²) in [4.78, 5) is 4.19. The molecule has 11 heavy (non-hydrogen) atoms. The van der Waals surface area contributed by atoms with E-state index in [2.05, 4.69) is 33.4 Å². The van der Waals surface area contributed by atoms with Gasteiger partial charge in [-0.2, -0.15) is 0 Å². The Morgan fingerprint density at radius 3 is 2.36 bits per heavy atom. The van der Waals surface area contributed by atoms with Gasteiger partial charge in [0.2, 0.25) is 0 Å². The van der Waals surface area contributed by atoms with E-state index < -0.39 is 0 Å². The van der Waals surface area contributed by atoms with Gasteiger partial charge < -0.3 is 5.32 Å². The molecule has 0 spiro atoms. The van der Waals surface area contributed by atoms with E-state index in [9.17, 15) is 0 Å². The first-order chi connectivity index (χ1) is 5.07. The largest absolute Gasteiger partial charge is 0.368 e.